The number of hydrogen-bond donors (Lipinski definition) is 2. The molecule has 0 radical (unpaired) electrons. The summed E-state index contributed by atoms with van der Waals surface area (Å²) in [6, 6.07) is 3.89. The Morgan fingerprint density at radius 2 is 2.08 bits per heavy atom. The van der Waals surface area contributed by atoms with Crippen molar-refractivity contribution >= 4 is 62.8 Å². The summed E-state index contributed by atoms with van der Waals surface area (Å²) < 4.78 is 0. The number of anilines is 1. The normalized spacial score (nSPS) is 8.67. The van der Waals surface area contributed by atoms with Crippen LogP contribution in [0.1, 0.15) is 0 Å². The molecule has 3 N–H and O–H groups in total. The van der Waals surface area contributed by atoms with E-state index in [1.807, 2.05) is 0 Å². The van der Waals surface area contributed by atoms with E-state index in [0.717, 1.165) is 0 Å². The van der Waals surface area contributed by atoms with E-state index in [2.05, 4.69) is 0 Å². The number of para-hydroxylation sites is 1. The van der Waals surface area contributed by atoms with E-state index in [-0.39, 0.29) is 68.5 Å². The molecule has 1 rings (SSSR count). The predicted molar refractivity (Wildman–Crippen MR) is 46.3 cm³/mol. The zero-order valence-corrected chi connectivity index (χ0v) is 5.52. The van der Waals surface area contributed by atoms with Crippen LogP contribution in [0.4, 0.5) is 11.4 Å². The van der Waals surface area contributed by atoms with E-state index in [9.17, 15) is 10.1 Å². The van der Waals surface area contributed by atoms with Crippen molar-refractivity contribution < 1.29 is 10.0 Å². The number of nitro benzene ring substituents is 1. The van der Waals surface area contributed by atoms with Crippen LogP contribution in [-0.4, -0.2) is 61.4 Å². The van der Waals surface area contributed by atoms with E-state index >= 15 is 0 Å². The quantitative estimate of drug-likeness (QED) is 0.220. The molecule has 0 saturated carbocycles. The molecule has 0 fully saturated rings. The Morgan fingerprint density at radius 3 is 2.50 bits per heavy atom. The molecule has 0 heterocycles. The van der Waals surface area contributed by atoms with Crippen LogP contribution in [0.2, 0.25) is 0 Å². The third-order valence-electron chi connectivity index (χ3n) is 1.26. The Balaban J connectivity index is 0.00000121. The fourth-order valence-electron chi connectivity index (χ4n) is 0.700. The summed E-state index contributed by atoms with van der Waals surface area (Å²) in [5, 5.41) is 19.1. The third kappa shape index (κ3) is 2.42. The Morgan fingerprint density at radius 1 is 1.50 bits per heavy atom. The maximum absolute atomic E-state index is 10.2. The van der Waals surface area contributed by atoms with Gasteiger partial charge < -0.3 is 10.8 Å². The molecular weight excluding hydrogens is 187 g/mol. The number of aromatic hydroxyl groups is 1. The summed E-state index contributed by atoms with van der Waals surface area (Å²) in [6.07, 6.45) is 0. The van der Waals surface area contributed by atoms with Crippen LogP contribution in [0.15, 0.2) is 18.2 Å². The Kier molecular flexibility index (Phi) is 4.72. The number of nitrogens with zero attached hydrogens (tertiary/aromatic N) is 1. The number of nitrogen functional groups attached to an aromatic ring is 1. The summed E-state index contributed by atoms with van der Waals surface area (Å²) in [5.41, 5.74) is 4.72. The molecule has 0 aromatic heterocycles. The van der Waals surface area contributed by atoms with Crippen molar-refractivity contribution in [3.63, 3.8) is 0 Å². The molecule has 1 aromatic carbocycles. The summed E-state index contributed by atoms with van der Waals surface area (Å²) in [6.45, 7) is 0. The second-order valence-electron chi connectivity index (χ2n) is 1.97. The van der Waals surface area contributed by atoms with Gasteiger partial charge in [-0.05, 0) is 6.07 Å². The first-order valence-corrected chi connectivity index (χ1v) is 2.85. The molecule has 6 heteroatoms. The first kappa shape index (κ1) is 11.9. The fraction of sp³-hybridized carbons (Fsp3) is 0. The standard InChI is InChI=1S/C6H6N2O3.K.H/c7-6-4(8(10)11)2-1-3-5(6)9;;/h1-3,9H,7H2;;. The van der Waals surface area contributed by atoms with Gasteiger partial charge in [0, 0.05) is 6.07 Å². The van der Waals surface area contributed by atoms with Gasteiger partial charge in [-0.2, -0.15) is 0 Å². The second-order valence-corrected chi connectivity index (χ2v) is 1.97. The fourth-order valence-corrected chi connectivity index (χ4v) is 0.700. The van der Waals surface area contributed by atoms with Gasteiger partial charge in [0.25, 0.3) is 5.69 Å². The SMILES string of the molecule is Nc1c(O)cccc1[N+](=O)[O-].[KH]. The second kappa shape index (κ2) is 4.78. The number of nitro groups is 1. The Labute approximate surface area is 111 Å². The average molecular weight is 194 g/mol. The van der Waals surface area contributed by atoms with Gasteiger partial charge in [-0.1, -0.05) is 6.07 Å². The van der Waals surface area contributed by atoms with E-state index < -0.39 is 4.92 Å². The van der Waals surface area contributed by atoms with Crippen molar-refractivity contribution in [1.82, 2.24) is 0 Å². The zero-order valence-electron chi connectivity index (χ0n) is 5.52. The van der Waals surface area contributed by atoms with Crippen LogP contribution >= 0.6 is 0 Å². The number of benzene rings is 1. The van der Waals surface area contributed by atoms with E-state index in [0.29, 0.717) is 0 Å². The van der Waals surface area contributed by atoms with Gasteiger partial charge in [-0.15, -0.1) is 0 Å². The van der Waals surface area contributed by atoms with E-state index in [1.54, 1.807) is 0 Å². The molecule has 60 valence electrons. The predicted octanol–water partition coefficient (Wildman–Crippen LogP) is 0.234. The number of nitrogens with two attached hydrogens (primary N) is 1. The van der Waals surface area contributed by atoms with E-state index in [4.69, 9.17) is 10.8 Å². The van der Waals surface area contributed by atoms with Gasteiger partial charge in [-0.25, -0.2) is 0 Å². The van der Waals surface area contributed by atoms with Gasteiger partial charge >= 0.3 is 51.4 Å². The summed E-state index contributed by atoms with van der Waals surface area (Å²) >= 11 is 0. The number of hydrogen-bond acceptors (Lipinski definition) is 4. The maximum atomic E-state index is 10.2. The number of phenolic OH excluding ortho intramolecular Hbond substituents is 1. The van der Waals surface area contributed by atoms with Crippen LogP contribution in [0.5, 0.6) is 5.75 Å². The third-order valence-corrected chi connectivity index (χ3v) is 1.26. The van der Waals surface area contributed by atoms with Gasteiger partial charge in [-0.3, -0.25) is 10.1 Å². The molecule has 1 aromatic rings. The van der Waals surface area contributed by atoms with Crippen molar-refractivity contribution in [3.05, 3.63) is 28.3 Å². The van der Waals surface area contributed by atoms with Crippen LogP contribution in [-0.2, 0) is 0 Å². The van der Waals surface area contributed by atoms with Crippen molar-refractivity contribution in [2.24, 2.45) is 0 Å². The first-order chi connectivity index (χ1) is 5.13. The summed E-state index contributed by atoms with van der Waals surface area (Å²) in [5.74, 6) is -0.265. The van der Waals surface area contributed by atoms with Crippen LogP contribution in [0, 0.1) is 10.1 Å². The molecular formula is C6H7KN2O3. The van der Waals surface area contributed by atoms with Crippen LogP contribution in [0.25, 0.3) is 0 Å². The number of rotatable bonds is 1. The van der Waals surface area contributed by atoms with Crippen molar-refractivity contribution in [3.8, 4) is 5.75 Å². The van der Waals surface area contributed by atoms with Gasteiger partial charge in [0.05, 0.1) is 4.92 Å². The molecule has 0 saturated heterocycles. The molecule has 0 spiro atoms. The zero-order chi connectivity index (χ0) is 8.43. The van der Waals surface area contributed by atoms with Crippen LogP contribution < -0.4 is 5.73 Å². The van der Waals surface area contributed by atoms with Gasteiger partial charge in [0.1, 0.15) is 5.75 Å². The average Bonchev–Trinajstić information content (AvgIpc) is 1.94. The van der Waals surface area contributed by atoms with Crippen molar-refractivity contribution in [1.29, 1.82) is 0 Å². The minimum absolute atomic E-state index is 0. The minimum atomic E-state index is -0.644. The monoisotopic (exact) mass is 194 g/mol. The summed E-state index contributed by atoms with van der Waals surface area (Å²) in [4.78, 5) is 9.54. The van der Waals surface area contributed by atoms with Crippen molar-refractivity contribution in [2.75, 3.05) is 5.73 Å². The first-order valence-electron chi connectivity index (χ1n) is 2.85. The molecule has 0 atom stereocenters. The number of phenols is 1. The molecule has 0 amide bonds. The van der Waals surface area contributed by atoms with Gasteiger partial charge in [0.2, 0.25) is 0 Å². The molecule has 5 nitrogen and oxygen atoms in total. The molecule has 12 heavy (non-hydrogen) atoms. The molecule has 0 aliphatic rings. The molecule has 0 aliphatic heterocycles. The van der Waals surface area contributed by atoms with Gasteiger partial charge in [0.15, 0.2) is 5.69 Å². The summed E-state index contributed by atoms with van der Waals surface area (Å²) in [7, 11) is 0. The van der Waals surface area contributed by atoms with Crippen molar-refractivity contribution in [2.45, 2.75) is 0 Å². The molecule has 0 aliphatic carbocycles. The topological polar surface area (TPSA) is 89.4 Å². The molecule has 0 bridgehead atoms. The Bertz CT molecular complexity index is 303. The molecule has 0 unspecified atom stereocenters. The Hall–Kier alpha value is -0.144. The van der Waals surface area contributed by atoms with Crippen LogP contribution in [0.3, 0.4) is 0 Å². The van der Waals surface area contributed by atoms with E-state index in [1.165, 1.54) is 18.2 Å².